The second kappa shape index (κ2) is 61.1. The van der Waals surface area contributed by atoms with Crippen LogP contribution < -0.4 is 0 Å². The number of rotatable bonds is 62. The molecule has 0 saturated carbocycles. The minimum atomic E-state index is -0.141. The van der Waals surface area contributed by atoms with Crippen LogP contribution in [-0.2, 0) is 28.6 Å². The van der Waals surface area contributed by atoms with Crippen LogP contribution in [0, 0.1) is 0 Å². The van der Waals surface area contributed by atoms with E-state index in [4.69, 9.17) is 14.2 Å². The number of aliphatic hydroxyl groups excluding tert-OH is 1. The predicted octanol–water partition coefficient (Wildman–Crippen LogP) is 18.0. The molecule has 0 fully saturated rings. The first kappa shape index (κ1) is 71.3. The van der Waals surface area contributed by atoms with Crippen molar-refractivity contribution in [3.05, 3.63) is 0 Å². The Morgan fingerprint density at radius 1 is 0.260 bits per heavy atom. The average molecular weight is 1040 g/mol. The number of hydrogen-bond acceptors (Lipinski definition) is 9. The van der Waals surface area contributed by atoms with Gasteiger partial charge in [-0.25, -0.2) is 0 Å². The van der Waals surface area contributed by atoms with E-state index >= 15 is 0 Å². The maximum atomic E-state index is 12.7. The lowest BCUT2D eigenvalue weighted by Crippen LogP contribution is -2.41. The topological polar surface area (TPSA) is 106 Å². The molecule has 0 aromatic heterocycles. The van der Waals surface area contributed by atoms with E-state index < -0.39 is 0 Å². The van der Waals surface area contributed by atoms with Gasteiger partial charge in [0.05, 0.1) is 6.61 Å². The average Bonchev–Trinajstić information content (AvgIpc) is 3.38. The minimum absolute atomic E-state index is 0.0148. The van der Waals surface area contributed by atoms with Crippen molar-refractivity contribution in [3.63, 3.8) is 0 Å². The molecule has 434 valence electrons. The van der Waals surface area contributed by atoms with Gasteiger partial charge in [-0.1, -0.05) is 290 Å². The summed E-state index contributed by atoms with van der Waals surface area (Å²) < 4.78 is 17.0. The zero-order valence-electron chi connectivity index (χ0n) is 49.3. The molecule has 0 unspecified atom stereocenters. The smallest absolute Gasteiger partial charge is 0.305 e. The van der Waals surface area contributed by atoms with Crippen LogP contribution in [-0.4, -0.2) is 98.5 Å². The lowest BCUT2D eigenvalue weighted by Gasteiger charge is -2.27. The van der Waals surface area contributed by atoms with Crippen molar-refractivity contribution >= 4 is 17.9 Å². The number of carbonyl (C=O) groups excluding carboxylic acids is 3. The van der Waals surface area contributed by atoms with Gasteiger partial charge in [-0.05, 0) is 19.3 Å². The van der Waals surface area contributed by atoms with E-state index in [2.05, 4.69) is 30.6 Å². The van der Waals surface area contributed by atoms with Crippen LogP contribution in [0.4, 0.5) is 0 Å². The third kappa shape index (κ3) is 57.8. The van der Waals surface area contributed by atoms with Gasteiger partial charge in [-0.3, -0.25) is 24.2 Å². The number of hydrogen-bond donors (Lipinski definition) is 1. The fourth-order valence-electron chi connectivity index (χ4n) is 10.1. The molecule has 0 atom stereocenters. The normalized spacial score (nSPS) is 11.6. The largest absolute Gasteiger partial charge is 0.464 e. The number of ether oxygens (including phenoxy) is 3. The molecule has 0 aliphatic rings. The summed E-state index contributed by atoms with van der Waals surface area (Å²) in [5.41, 5.74) is 0. The predicted molar refractivity (Wildman–Crippen MR) is 311 cm³/mol. The molecule has 9 heteroatoms. The molecule has 0 aromatic rings. The van der Waals surface area contributed by atoms with E-state index in [0.717, 1.165) is 38.5 Å². The van der Waals surface area contributed by atoms with Crippen LogP contribution in [0.25, 0.3) is 0 Å². The third-order valence-corrected chi connectivity index (χ3v) is 15.1. The summed E-state index contributed by atoms with van der Waals surface area (Å²) in [5, 5.41) is 9.85. The summed E-state index contributed by atoms with van der Waals surface area (Å²) in [5.74, 6) is -0.423. The molecule has 73 heavy (non-hydrogen) atoms. The Morgan fingerprint density at radius 3 is 0.630 bits per heavy atom. The molecule has 0 bridgehead atoms. The van der Waals surface area contributed by atoms with Crippen molar-refractivity contribution in [2.24, 2.45) is 0 Å². The number of unbranched alkanes of at least 4 members (excludes halogenated alkanes) is 42. The van der Waals surface area contributed by atoms with Crippen LogP contribution in [0.15, 0.2) is 0 Å². The molecule has 9 nitrogen and oxygen atoms in total. The number of aliphatic hydroxyl groups is 1. The van der Waals surface area contributed by atoms with Crippen molar-refractivity contribution < 1.29 is 33.7 Å². The molecule has 0 heterocycles. The van der Waals surface area contributed by atoms with Gasteiger partial charge in [0.25, 0.3) is 0 Å². The molecule has 0 rings (SSSR count). The highest BCUT2D eigenvalue weighted by molar-refractivity contribution is 5.69. The van der Waals surface area contributed by atoms with Crippen LogP contribution in [0.1, 0.15) is 329 Å². The summed E-state index contributed by atoms with van der Waals surface area (Å²) in [4.78, 5) is 42.2. The van der Waals surface area contributed by atoms with Crippen LogP contribution in [0.2, 0.25) is 0 Å². The Bertz CT molecular complexity index is 1070. The second-order valence-corrected chi connectivity index (χ2v) is 22.2. The zero-order valence-corrected chi connectivity index (χ0v) is 49.3. The zero-order chi connectivity index (χ0) is 53.0. The summed E-state index contributed by atoms with van der Waals surface area (Å²) in [6.07, 6.45) is 59.7. The van der Waals surface area contributed by atoms with Crippen LogP contribution >= 0.6 is 0 Å². The van der Waals surface area contributed by atoms with Crippen molar-refractivity contribution in [1.82, 2.24) is 9.80 Å². The van der Waals surface area contributed by atoms with E-state index in [-0.39, 0.29) is 24.5 Å². The van der Waals surface area contributed by atoms with Gasteiger partial charge in [-0.15, -0.1) is 0 Å². The van der Waals surface area contributed by atoms with Gasteiger partial charge < -0.3 is 19.3 Å². The molecular formula is C64H126N2O7. The summed E-state index contributed by atoms with van der Waals surface area (Å²) in [6, 6.07) is 0. The fraction of sp³-hybridized carbons (Fsp3) is 0.953. The quantitative estimate of drug-likeness (QED) is 0.0362. The van der Waals surface area contributed by atoms with Crippen LogP contribution in [0.3, 0.4) is 0 Å². The molecule has 0 aromatic carbocycles. The van der Waals surface area contributed by atoms with E-state index in [1.54, 1.807) is 0 Å². The molecule has 0 spiro atoms. The SMILES string of the molecule is CCCCCCCCCCCCCCCCCC(=O)OCCN(CCO)CCN(CCOC(=O)CCCCCCCCCCCCCCCCC)CCOC(=O)CCCCCCCCCCCCCCCCC. The first-order valence-corrected chi connectivity index (χ1v) is 32.5. The maximum Gasteiger partial charge on any atom is 0.305 e. The molecule has 0 aliphatic heterocycles. The first-order chi connectivity index (χ1) is 36.0. The monoisotopic (exact) mass is 1030 g/mol. The number of carbonyl (C=O) groups is 3. The third-order valence-electron chi connectivity index (χ3n) is 15.1. The van der Waals surface area contributed by atoms with Crippen LogP contribution in [0.5, 0.6) is 0 Å². The standard InChI is InChI=1S/C64H126N2O7/c1-4-7-10-13-16-19-22-25-28-31-34-37-40-43-46-49-62(68)71-59-55-65(54-58-67)52-53-66(56-60-72-63(69)50-47-44-41-38-35-32-29-26-23-20-17-14-11-8-5-2)57-61-73-64(70)51-48-45-42-39-36-33-30-27-24-21-18-15-12-9-6-3/h67H,4-61H2,1-3H3. The van der Waals surface area contributed by atoms with Gasteiger partial charge in [0.1, 0.15) is 19.8 Å². The fourth-order valence-corrected chi connectivity index (χ4v) is 10.1. The Hall–Kier alpha value is -1.71. The summed E-state index contributed by atoms with van der Waals surface area (Å²) >= 11 is 0. The summed E-state index contributed by atoms with van der Waals surface area (Å²) in [6.45, 7) is 11.1. The van der Waals surface area contributed by atoms with E-state index in [9.17, 15) is 19.5 Å². The van der Waals surface area contributed by atoms with Gasteiger partial charge in [0.2, 0.25) is 0 Å². The van der Waals surface area contributed by atoms with E-state index in [0.29, 0.717) is 78.4 Å². The van der Waals surface area contributed by atoms with Crippen molar-refractivity contribution in [2.75, 3.05) is 65.7 Å². The Kier molecular flexibility index (Phi) is 59.7. The lowest BCUT2D eigenvalue weighted by molar-refractivity contribution is -0.146. The van der Waals surface area contributed by atoms with Crippen molar-refractivity contribution in [3.8, 4) is 0 Å². The van der Waals surface area contributed by atoms with Crippen molar-refractivity contribution in [1.29, 1.82) is 0 Å². The first-order valence-electron chi connectivity index (χ1n) is 32.5. The van der Waals surface area contributed by atoms with Gasteiger partial charge in [0, 0.05) is 58.5 Å². The van der Waals surface area contributed by atoms with Gasteiger partial charge in [0.15, 0.2) is 0 Å². The lowest BCUT2D eigenvalue weighted by atomic mass is 10.0. The van der Waals surface area contributed by atoms with Gasteiger partial charge >= 0.3 is 17.9 Å². The molecule has 0 amide bonds. The molecule has 0 radical (unpaired) electrons. The van der Waals surface area contributed by atoms with E-state index in [1.807, 2.05) is 0 Å². The molecular weight excluding hydrogens is 909 g/mol. The molecule has 0 aliphatic carbocycles. The number of esters is 3. The highest BCUT2D eigenvalue weighted by Crippen LogP contribution is 2.17. The Morgan fingerprint density at radius 2 is 0.438 bits per heavy atom. The Balaban J connectivity index is 4.52. The van der Waals surface area contributed by atoms with Crippen molar-refractivity contribution in [2.45, 2.75) is 329 Å². The molecule has 1 N–H and O–H groups in total. The Labute approximate surface area is 454 Å². The number of nitrogens with zero attached hydrogens (tertiary/aromatic N) is 2. The highest BCUT2D eigenvalue weighted by atomic mass is 16.5. The second-order valence-electron chi connectivity index (χ2n) is 22.2. The maximum absolute atomic E-state index is 12.7. The summed E-state index contributed by atoms with van der Waals surface area (Å²) in [7, 11) is 0. The minimum Gasteiger partial charge on any atom is -0.464 e. The molecule has 0 saturated heterocycles. The van der Waals surface area contributed by atoms with Gasteiger partial charge in [-0.2, -0.15) is 0 Å². The van der Waals surface area contributed by atoms with E-state index in [1.165, 1.54) is 250 Å². The highest BCUT2D eigenvalue weighted by Gasteiger charge is 2.14.